The normalized spacial score (nSPS) is 20.6. The minimum Gasteiger partial charge on any atom is -0.391 e. The molecule has 1 aromatic carbocycles. The average molecular weight is 307 g/mol. The minimum absolute atomic E-state index is 0.218. The van der Waals surface area contributed by atoms with E-state index in [1.54, 1.807) is 0 Å². The first-order chi connectivity index (χ1) is 10.2. The number of likely N-dealkylation sites (tertiary alicyclic amines) is 1. The van der Waals surface area contributed by atoms with E-state index in [0.29, 0.717) is 11.8 Å². The number of aliphatic hydroxyl groups is 1. The molecule has 5 heteroatoms. The van der Waals surface area contributed by atoms with Gasteiger partial charge in [0.15, 0.2) is 5.96 Å². The summed E-state index contributed by atoms with van der Waals surface area (Å²) in [5, 5.41) is 13.4. The molecule has 0 saturated carbocycles. The summed E-state index contributed by atoms with van der Waals surface area (Å²) in [6.45, 7) is 7.47. The van der Waals surface area contributed by atoms with Crippen LogP contribution < -0.4 is 5.32 Å². The van der Waals surface area contributed by atoms with Crippen molar-refractivity contribution in [3.8, 4) is 0 Å². The Bertz CT molecular complexity index is 452. The number of thioether (sulfide) groups is 1. The number of nitrogens with zero attached hydrogens (tertiary/aromatic N) is 2. The second-order valence-corrected chi connectivity index (χ2v) is 6.84. The first kappa shape index (κ1) is 16.2. The summed E-state index contributed by atoms with van der Waals surface area (Å²) >= 11 is 1.84. The standard InChI is InChI=1S/C16H25N3OS/c1-3-17-16(19-10-9-14(20)12-19)18-11-13(2)21-15-7-5-4-6-8-15/h4-8,13-14,20H,3,9-12H2,1-2H3,(H,17,18)/t13?,14-/m1/s1. The average Bonchev–Trinajstić information content (AvgIpc) is 2.91. The van der Waals surface area contributed by atoms with Gasteiger partial charge in [-0.1, -0.05) is 25.1 Å². The Morgan fingerprint density at radius 3 is 2.86 bits per heavy atom. The van der Waals surface area contributed by atoms with E-state index in [0.717, 1.165) is 32.0 Å². The van der Waals surface area contributed by atoms with Crippen molar-refractivity contribution in [2.75, 3.05) is 26.2 Å². The first-order valence-electron chi connectivity index (χ1n) is 7.62. The number of rotatable bonds is 5. The second-order valence-electron chi connectivity index (χ2n) is 5.32. The number of aliphatic imine (C=N–C) groups is 1. The maximum absolute atomic E-state index is 9.66. The summed E-state index contributed by atoms with van der Waals surface area (Å²) in [5.74, 6) is 0.926. The summed E-state index contributed by atoms with van der Waals surface area (Å²) in [5.41, 5.74) is 0. The number of hydrogen-bond donors (Lipinski definition) is 2. The van der Waals surface area contributed by atoms with Crippen LogP contribution in [0.5, 0.6) is 0 Å². The smallest absolute Gasteiger partial charge is 0.194 e. The van der Waals surface area contributed by atoms with Gasteiger partial charge in [0.25, 0.3) is 0 Å². The highest BCUT2D eigenvalue weighted by Crippen LogP contribution is 2.22. The van der Waals surface area contributed by atoms with Crippen molar-refractivity contribution in [3.05, 3.63) is 30.3 Å². The zero-order valence-corrected chi connectivity index (χ0v) is 13.6. The van der Waals surface area contributed by atoms with Gasteiger partial charge in [0.1, 0.15) is 0 Å². The van der Waals surface area contributed by atoms with Crippen molar-refractivity contribution >= 4 is 17.7 Å². The van der Waals surface area contributed by atoms with Gasteiger partial charge in [0.05, 0.1) is 12.6 Å². The Hall–Kier alpha value is -1.20. The molecule has 1 aliphatic rings. The zero-order valence-electron chi connectivity index (χ0n) is 12.8. The highest BCUT2D eigenvalue weighted by atomic mass is 32.2. The Labute approximate surface area is 131 Å². The van der Waals surface area contributed by atoms with Crippen molar-refractivity contribution < 1.29 is 5.11 Å². The molecule has 4 nitrogen and oxygen atoms in total. The SMILES string of the molecule is CCNC(=NCC(C)Sc1ccccc1)N1CC[C@@H](O)C1. The molecule has 2 rings (SSSR count). The summed E-state index contributed by atoms with van der Waals surface area (Å²) in [6.07, 6.45) is 0.614. The number of hydrogen-bond acceptors (Lipinski definition) is 3. The molecule has 21 heavy (non-hydrogen) atoms. The minimum atomic E-state index is -0.218. The van der Waals surface area contributed by atoms with E-state index in [2.05, 4.69) is 48.3 Å². The second kappa shape index (κ2) is 8.29. The van der Waals surface area contributed by atoms with Gasteiger partial charge in [-0.3, -0.25) is 4.99 Å². The molecule has 0 amide bonds. The quantitative estimate of drug-likeness (QED) is 0.497. The molecule has 1 unspecified atom stereocenters. The third-order valence-corrected chi connectivity index (χ3v) is 4.47. The molecule has 0 aliphatic carbocycles. The molecule has 1 fully saturated rings. The molecule has 2 atom stereocenters. The lowest BCUT2D eigenvalue weighted by Crippen LogP contribution is -2.40. The van der Waals surface area contributed by atoms with Gasteiger partial charge in [0, 0.05) is 29.8 Å². The van der Waals surface area contributed by atoms with Crippen LogP contribution in [-0.4, -0.2) is 53.5 Å². The summed E-state index contributed by atoms with van der Waals surface area (Å²) < 4.78 is 0. The summed E-state index contributed by atoms with van der Waals surface area (Å²) in [6, 6.07) is 10.4. The van der Waals surface area contributed by atoms with Gasteiger partial charge in [-0.2, -0.15) is 0 Å². The van der Waals surface area contributed by atoms with Crippen molar-refractivity contribution in [2.45, 2.75) is 36.5 Å². The van der Waals surface area contributed by atoms with Crippen molar-refractivity contribution in [3.63, 3.8) is 0 Å². The highest BCUT2D eigenvalue weighted by Gasteiger charge is 2.22. The van der Waals surface area contributed by atoms with Gasteiger partial charge in [-0.25, -0.2) is 0 Å². The van der Waals surface area contributed by atoms with E-state index in [-0.39, 0.29) is 6.10 Å². The maximum atomic E-state index is 9.66. The molecule has 1 aliphatic heterocycles. The summed E-state index contributed by atoms with van der Waals surface area (Å²) in [7, 11) is 0. The molecule has 0 radical (unpaired) electrons. The zero-order chi connectivity index (χ0) is 15.1. The van der Waals surface area contributed by atoms with Crippen molar-refractivity contribution in [1.82, 2.24) is 10.2 Å². The van der Waals surface area contributed by atoms with Gasteiger partial charge in [-0.15, -0.1) is 11.8 Å². The van der Waals surface area contributed by atoms with Gasteiger partial charge < -0.3 is 15.3 Å². The number of aliphatic hydroxyl groups excluding tert-OH is 1. The number of nitrogens with one attached hydrogen (secondary N) is 1. The van der Waals surface area contributed by atoms with Crippen LogP contribution in [-0.2, 0) is 0 Å². The maximum Gasteiger partial charge on any atom is 0.194 e. The third-order valence-electron chi connectivity index (χ3n) is 3.38. The highest BCUT2D eigenvalue weighted by molar-refractivity contribution is 8.00. The molecule has 0 spiro atoms. The van der Waals surface area contributed by atoms with Crippen LogP contribution in [0.4, 0.5) is 0 Å². The molecule has 0 bridgehead atoms. The molecular formula is C16H25N3OS. The molecule has 0 aromatic heterocycles. The van der Waals surface area contributed by atoms with Crippen LogP contribution in [0.25, 0.3) is 0 Å². The van der Waals surface area contributed by atoms with Crippen LogP contribution >= 0.6 is 11.8 Å². The molecule has 1 saturated heterocycles. The largest absolute Gasteiger partial charge is 0.391 e. The lowest BCUT2D eigenvalue weighted by atomic mass is 10.3. The lowest BCUT2D eigenvalue weighted by molar-refractivity contribution is 0.188. The predicted octanol–water partition coefficient (Wildman–Crippen LogP) is 2.20. The lowest BCUT2D eigenvalue weighted by Gasteiger charge is -2.21. The number of β-amino-alcohol motifs (C(OH)–C–C–N with tert-alkyl or cyclic N) is 1. The Morgan fingerprint density at radius 2 is 2.24 bits per heavy atom. The molecule has 116 valence electrons. The Balaban J connectivity index is 1.89. The van der Waals surface area contributed by atoms with Crippen LogP contribution in [0, 0.1) is 0 Å². The molecule has 1 aromatic rings. The van der Waals surface area contributed by atoms with Gasteiger partial charge >= 0.3 is 0 Å². The topological polar surface area (TPSA) is 47.9 Å². The van der Waals surface area contributed by atoms with E-state index < -0.39 is 0 Å². The van der Waals surface area contributed by atoms with E-state index in [1.165, 1.54) is 4.90 Å². The van der Waals surface area contributed by atoms with Crippen molar-refractivity contribution in [1.29, 1.82) is 0 Å². The fourth-order valence-corrected chi connectivity index (χ4v) is 3.27. The van der Waals surface area contributed by atoms with Crippen LogP contribution in [0.3, 0.4) is 0 Å². The van der Waals surface area contributed by atoms with E-state index in [1.807, 2.05) is 17.8 Å². The third kappa shape index (κ3) is 5.25. The Morgan fingerprint density at radius 1 is 1.48 bits per heavy atom. The van der Waals surface area contributed by atoms with Gasteiger partial charge in [0.2, 0.25) is 0 Å². The van der Waals surface area contributed by atoms with Crippen molar-refractivity contribution in [2.24, 2.45) is 4.99 Å². The van der Waals surface area contributed by atoms with Crippen LogP contribution in [0.15, 0.2) is 40.2 Å². The molecular weight excluding hydrogens is 282 g/mol. The monoisotopic (exact) mass is 307 g/mol. The summed E-state index contributed by atoms with van der Waals surface area (Å²) in [4.78, 5) is 8.15. The molecule has 2 N–H and O–H groups in total. The number of guanidine groups is 1. The van der Waals surface area contributed by atoms with Crippen LogP contribution in [0.2, 0.25) is 0 Å². The van der Waals surface area contributed by atoms with E-state index >= 15 is 0 Å². The Kier molecular flexibility index (Phi) is 6.39. The molecule has 1 heterocycles. The van der Waals surface area contributed by atoms with E-state index in [9.17, 15) is 5.11 Å². The van der Waals surface area contributed by atoms with E-state index in [4.69, 9.17) is 4.99 Å². The fourth-order valence-electron chi connectivity index (χ4n) is 2.34. The fraction of sp³-hybridized carbons (Fsp3) is 0.562. The predicted molar refractivity (Wildman–Crippen MR) is 89.9 cm³/mol. The van der Waals surface area contributed by atoms with Crippen LogP contribution in [0.1, 0.15) is 20.3 Å². The number of benzene rings is 1. The van der Waals surface area contributed by atoms with Gasteiger partial charge in [-0.05, 0) is 25.5 Å². The first-order valence-corrected chi connectivity index (χ1v) is 8.50.